The van der Waals surface area contributed by atoms with Crippen molar-refractivity contribution in [1.29, 1.82) is 0 Å². The van der Waals surface area contributed by atoms with Crippen LogP contribution in [-0.4, -0.2) is 41.7 Å². The average Bonchev–Trinajstić information content (AvgIpc) is 2.60. The molecule has 0 bridgehead atoms. The predicted octanol–water partition coefficient (Wildman–Crippen LogP) is 2.24. The fourth-order valence-electron chi connectivity index (χ4n) is 3.06. The summed E-state index contributed by atoms with van der Waals surface area (Å²) in [6, 6.07) is 10.0. The second kappa shape index (κ2) is 7.49. The molecule has 6 nitrogen and oxygen atoms in total. The zero-order valence-corrected chi connectivity index (χ0v) is 13.9. The Labute approximate surface area is 140 Å². The number of carbonyl (C=O) groups excluding carboxylic acids is 1. The number of hydrogen-bond donors (Lipinski definition) is 2. The van der Waals surface area contributed by atoms with Gasteiger partial charge in [-0.2, -0.15) is 0 Å². The monoisotopic (exact) mass is 329 g/mol. The molecule has 0 saturated carbocycles. The lowest BCUT2D eigenvalue weighted by Gasteiger charge is -2.31. The van der Waals surface area contributed by atoms with Gasteiger partial charge in [-0.1, -0.05) is 18.2 Å². The van der Waals surface area contributed by atoms with E-state index in [4.69, 9.17) is 4.74 Å². The van der Waals surface area contributed by atoms with Crippen molar-refractivity contribution in [3.8, 4) is 0 Å². The Morgan fingerprint density at radius 1 is 1.33 bits per heavy atom. The Bertz CT molecular complexity index is 763. The number of benzene rings is 1. The van der Waals surface area contributed by atoms with Gasteiger partial charge in [-0.15, -0.1) is 0 Å². The Hall–Kier alpha value is -2.34. The molecule has 0 radical (unpaired) electrons. The highest BCUT2D eigenvalue weighted by molar-refractivity contribution is 5.78. The summed E-state index contributed by atoms with van der Waals surface area (Å²) >= 11 is 0. The maximum absolute atomic E-state index is 12.2. The minimum Gasteiger partial charge on any atom is -0.450 e. The zero-order valence-electron chi connectivity index (χ0n) is 13.9. The molecule has 0 atom stereocenters. The molecule has 1 aliphatic heterocycles. The first-order chi connectivity index (χ1) is 11.7. The van der Waals surface area contributed by atoms with Crippen LogP contribution in [0.3, 0.4) is 0 Å². The zero-order chi connectivity index (χ0) is 16.9. The number of nitrogens with one attached hydrogen (secondary N) is 2. The Morgan fingerprint density at radius 3 is 2.83 bits per heavy atom. The summed E-state index contributed by atoms with van der Waals surface area (Å²) < 4.78 is 5.02. The molecule has 1 saturated heterocycles. The van der Waals surface area contributed by atoms with Gasteiger partial charge < -0.3 is 19.9 Å². The molecule has 0 spiro atoms. The van der Waals surface area contributed by atoms with Gasteiger partial charge >= 0.3 is 6.09 Å². The molecular formula is C18H23N3O3. The van der Waals surface area contributed by atoms with Gasteiger partial charge in [-0.25, -0.2) is 4.79 Å². The molecule has 1 aromatic carbocycles. The van der Waals surface area contributed by atoms with Crippen molar-refractivity contribution in [2.45, 2.75) is 32.4 Å². The average molecular weight is 329 g/mol. The van der Waals surface area contributed by atoms with Crippen molar-refractivity contribution in [3.63, 3.8) is 0 Å². The van der Waals surface area contributed by atoms with Crippen molar-refractivity contribution in [1.82, 2.24) is 15.2 Å². The number of H-pyrrole nitrogens is 1. The topological polar surface area (TPSA) is 74.4 Å². The van der Waals surface area contributed by atoms with Crippen LogP contribution in [0.2, 0.25) is 0 Å². The molecule has 1 amide bonds. The number of aromatic amines is 1. The van der Waals surface area contributed by atoms with Gasteiger partial charge in [-0.3, -0.25) is 4.79 Å². The van der Waals surface area contributed by atoms with E-state index in [9.17, 15) is 9.59 Å². The molecule has 2 N–H and O–H groups in total. The van der Waals surface area contributed by atoms with Gasteiger partial charge in [0.1, 0.15) is 0 Å². The lowest BCUT2D eigenvalue weighted by Crippen LogP contribution is -2.45. The quantitative estimate of drug-likeness (QED) is 0.902. The number of rotatable bonds is 4. The van der Waals surface area contributed by atoms with Crippen LogP contribution in [0.5, 0.6) is 0 Å². The third-order valence-electron chi connectivity index (χ3n) is 4.43. The first-order valence-corrected chi connectivity index (χ1v) is 8.43. The molecule has 24 heavy (non-hydrogen) atoms. The van der Waals surface area contributed by atoms with Crippen molar-refractivity contribution < 1.29 is 9.53 Å². The van der Waals surface area contributed by atoms with Crippen LogP contribution in [0.4, 0.5) is 4.79 Å². The summed E-state index contributed by atoms with van der Waals surface area (Å²) in [5.74, 6) is 0. The highest BCUT2D eigenvalue weighted by Crippen LogP contribution is 2.13. The normalized spacial score (nSPS) is 15.6. The fourth-order valence-corrected chi connectivity index (χ4v) is 3.06. The third kappa shape index (κ3) is 3.76. The second-order valence-corrected chi connectivity index (χ2v) is 6.05. The van der Waals surface area contributed by atoms with Gasteiger partial charge in [0.05, 0.1) is 6.61 Å². The van der Waals surface area contributed by atoms with E-state index in [1.165, 1.54) is 0 Å². The molecule has 3 rings (SSSR count). The first kappa shape index (κ1) is 16.5. The van der Waals surface area contributed by atoms with Crippen LogP contribution < -0.4 is 10.9 Å². The number of ether oxygens (including phenoxy) is 1. The Balaban J connectivity index is 1.56. The third-order valence-corrected chi connectivity index (χ3v) is 4.43. The maximum Gasteiger partial charge on any atom is 0.409 e. The second-order valence-electron chi connectivity index (χ2n) is 6.05. The summed E-state index contributed by atoms with van der Waals surface area (Å²) in [5.41, 5.74) is 1.54. The molecule has 128 valence electrons. The highest BCUT2D eigenvalue weighted by Gasteiger charge is 2.23. The summed E-state index contributed by atoms with van der Waals surface area (Å²) in [7, 11) is 0. The van der Waals surface area contributed by atoms with Gasteiger partial charge in [0.2, 0.25) is 0 Å². The van der Waals surface area contributed by atoms with Crippen LogP contribution in [0.15, 0.2) is 35.1 Å². The maximum atomic E-state index is 12.2. The molecule has 1 aromatic heterocycles. The molecule has 0 aliphatic carbocycles. The number of carbonyl (C=O) groups is 1. The van der Waals surface area contributed by atoms with Crippen molar-refractivity contribution in [3.05, 3.63) is 46.2 Å². The summed E-state index contributed by atoms with van der Waals surface area (Å²) in [6.07, 6.45) is 1.50. The van der Waals surface area contributed by atoms with Crippen molar-refractivity contribution >= 4 is 17.0 Å². The number of nitrogens with zero attached hydrogens (tertiary/aromatic N) is 1. The highest BCUT2D eigenvalue weighted by atomic mass is 16.6. The summed E-state index contributed by atoms with van der Waals surface area (Å²) in [5, 5.41) is 4.47. The lowest BCUT2D eigenvalue weighted by atomic mass is 10.0. The van der Waals surface area contributed by atoms with Gasteiger partial charge in [0.25, 0.3) is 5.56 Å². The Kier molecular flexibility index (Phi) is 5.15. The van der Waals surface area contributed by atoms with Crippen LogP contribution in [0.25, 0.3) is 10.9 Å². The number of amides is 1. The number of pyridine rings is 1. The number of fused-ring (bicyclic) bond motifs is 1. The standard InChI is InChI=1S/C18H23N3O3/c1-2-24-18(23)21-9-7-15(8-10-21)19-12-14-11-13-5-3-4-6-16(13)20-17(14)22/h3-6,11,15,19H,2,7-10,12H2,1H3,(H,20,22). The number of para-hydroxylation sites is 1. The Morgan fingerprint density at radius 2 is 2.08 bits per heavy atom. The van der Waals surface area contributed by atoms with E-state index in [0.717, 1.165) is 29.3 Å². The molecule has 2 heterocycles. The predicted molar refractivity (Wildman–Crippen MR) is 93.0 cm³/mol. The van der Waals surface area contributed by atoms with E-state index in [2.05, 4.69) is 10.3 Å². The molecule has 2 aromatic rings. The van der Waals surface area contributed by atoms with Gasteiger partial charge in [-0.05, 0) is 37.3 Å². The fraction of sp³-hybridized carbons (Fsp3) is 0.444. The summed E-state index contributed by atoms with van der Waals surface area (Å²) in [6.45, 7) is 4.12. The van der Waals surface area contributed by atoms with E-state index in [1.807, 2.05) is 37.3 Å². The molecule has 1 fully saturated rings. The van der Waals surface area contributed by atoms with E-state index in [-0.39, 0.29) is 11.7 Å². The minimum atomic E-state index is -0.234. The molecular weight excluding hydrogens is 306 g/mol. The van der Waals surface area contributed by atoms with E-state index < -0.39 is 0 Å². The number of aromatic nitrogens is 1. The van der Waals surface area contributed by atoms with E-state index in [0.29, 0.717) is 32.3 Å². The first-order valence-electron chi connectivity index (χ1n) is 8.43. The SMILES string of the molecule is CCOC(=O)N1CCC(NCc2cc3ccccc3[nH]c2=O)CC1. The van der Waals surface area contributed by atoms with Crippen molar-refractivity contribution in [2.75, 3.05) is 19.7 Å². The van der Waals surface area contributed by atoms with E-state index >= 15 is 0 Å². The number of piperidine rings is 1. The van der Waals surface area contributed by atoms with Crippen LogP contribution in [0.1, 0.15) is 25.3 Å². The van der Waals surface area contributed by atoms with Crippen molar-refractivity contribution in [2.24, 2.45) is 0 Å². The minimum absolute atomic E-state index is 0.0508. The lowest BCUT2D eigenvalue weighted by molar-refractivity contribution is 0.0950. The molecule has 0 unspecified atom stereocenters. The van der Waals surface area contributed by atoms with E-state index in [1.54, 1.807) is 4.90 Å². The van der Waals surface area contributed by atoms with Crippen LogP contribution >= 0.6 is 0 Å². The molecule has 1 aliphatic rings. The van der Waals surface area contributed by atoms with Gasteiger partial charge in [0, 0.05) is 36.8 Å². The smallest absolute Gasteiger partial charge is 0.409 e. The largest absolute Gasteiger partial charge is 0.450 e. The molecule has 6 heteroatoms. The number of likely N-dealkylation sites (tertiary alicyclic amines) is 1. The summed E-state index contributed by atoms with van der Waals surface area (Å²) in [4.78, 5) is 28.5. The van der Waals surface area contributed by atoms with Gasteiger partial charge in [0.15, 0.2) is 0 Å². The number of hydrogen-bond acceptors (Lipinski definition) is 4. The van der Waals surface area contributed by atoms with Crippen LogP contribution in [-0.2, 0) is 11.3 Å². The van der Waals surface area contributed by atoms with Crippen LogP contribution in [0, 0.1) is 0 Å².